The van der Waals surface area contributed by atoms with E-state index in [4.69, 9.17) is 9.47 Å². The molecular weight excluding hydrogens is 561 g/mol. The van der Waals surface area contributed by atoms with Crippen LogP contribution in [0.15, 0.2) is 54.9 Å². The Hall–Kier alpha value is -3.78. The molecule has 1 atom stereocenters. The molecule has 1 unspecified atom stereocenters. The van der Waals surface area contributed by atoms with Gasteiger partial charge in [-0.25, -0.2) is 18.2 Å². The highest BCUT2D eigenvalue weighted by molar-refractivity contribution is 7.90. The van der Waals surface area contributed by atoms with Crippen molar-refractivity contribution >= 4 is 32.7 Å². The minimum atomic E-state index is -4.32. The number of pyridine rings is 1. The number of anilines is 1. The van der Waals surface area contributed by atoms with Crippen LogP contribution in [-0.4, -0.2) is 68.2 Å². The summed E-state index contributed by atoms with van der Waals surface area (Å²) >= 11 is 0. The van der Waals surface area contributed by atoms with E-state index in [0.29, 0.717) is 23.0 Å². The molecule has 1 aliphatic rings. The van der Waals surface area contributed by atoms with Gasteiger partial charge >= 0.3 is 10.2 Å². The third-order valence-corrected chi connectivity index (χ3v) is 8.47. The maximum absolute atomic E-state index is 15.5. The number of hydrogen-bond donors (Lipinski definition) is 2. The van der Waals surface area contributed by atoms with E-state index in [-0.39, 0.29) is 31.4 Å². The van der Waals surface area contributed by atoms with Crippen LogP contribution in [0.1, 0.15) is 27.9 Å². The summed E-state index contributed by atoms with van der Waals surface area (Å²) in [6, 6.07) is 10.9. The standard InChI is InChI=1S/C28H27F3N4O5S/c1-39-24(40-2)11-16-3-5-17(6-4-16)18-12-20-21(14-33-28(20)32-13-18)27(36)25-22(30)7-8-23(26(25)31)34-41(37,38)35-10-9-19(29)15-35/h3-8,12-14,19,24,34H,9-11,15H2,1-2H3,(H,32,33). The summed E-state index contributed by atoms with van der Waals surface area (Å²) in [5.74, 6) is -3.55. The Kier molecular flexibility index (Phi) is 8.13. The van der Waals surface area contributed by atoms with Crippen molar-refractivity contribution in [3.05, 3.63) is 83.2 Å². The Morgan fingerprint density at radius 1 is 1.15 bits per heavy atom. The van der Waals surface area contributed by atoms with Gasteiger partial charge in [0, 0.05) is 62.6 Å². The summed E-state index contributed by atoms with van der Waals surface area (Å²) < 4.78 is 82.4. The van der Waals surface area contributed by atoms with Crippen molar-refractivity contribution in [3.63, 3.8) is 0 Å². The van der Waals surface area contributed by atoms with Gasteiger partial charge in [-0.05, 0) is 35.7 Å². The molecule has 13 heteroatoms. The Morgan fingerprint density at radius 3 is 2.54 bits per heavy atom. The summed E-state index contributed by atoms with van der Waals surface area (Å²) in [6.07, 6.45) is 1.74. The van der Waals surface area contributed by atoms with Crippen LogP contribution in [0.3, 0.4) is 0 Å². The zero-order valence-corrected chi connectivity index (χ0v) is 23.0. The van der Waals surface area contributed by atoms with Gasteiger partial charge in [-0.1, -0.05) is 24.3 Å². The number of halogens is 3. The lowest BCUT2D eigenvalue weighted by Gasteiger charge is -2.18. The Morgan fingerprint density at radius 2 is 1.88 bits per heavy atom. The molecule has 1 saturated heterocycles. The molecule has 1 aliphatic heterocycles. The number of H-pyrrole nitrogens is 1. The van der Waals surface area contributed by atoms with Gasteiger partial charge in [0.05, 0.1) is 11.3 Å². The lowest BCUT2D eigenvalue weighted by atomic mass is 9.99. The molecule has 41 heavy (non-hydrogen) atoms. The summed E-state index contributed by atoms with van der Waals surface area (Å²) in [5.41, 5.74) is 1.14. The van der Waals surface area contributed by atoms with Gasteiger partial charge in [-0.3, -0.25) is 9.52 Å². The first-order valence-corrected chi connectivity index (χ1v) is 14.1. The number of ether oxygens (including phenoxy) is 2. The number of methoxy groups -OCH3 is 2. The van der Waals surface area contributed by atoms with E-state index >= 15 is 4.39 Å². The van der Waals surface area contributed by atoms with Crippen molar-refractivity contribution in [2.75, 3.05) is 32.0 Å². The molecule has 2 aromatic carbocycles. The highest BCUT2D eigenvalue weighted by atomic mass is 32.2. The average molecular weight is 589 g/mol. The zero-order chi connectivity index (χ0) is 29.3. The SMILES string of the molecule is COC(Cc1ccc(-c2cnc3[nH]cc(C(=O)c4c(F)ccc(NS(=O)(=O)N5CCC(F)C5)c4F)c3c2)cc1)OC. The third-order valence-electron chi connectivity index (χ3n) is 6.98. The predicted octanol–water partition coefficient (Wildman–Crippen LogP) is 4.60. The Labute approximate surface area is 234 Å². The largest absolute Gasteiger partial charge is 0.356 e. The second-order valence-corrected chi connectivity index (χ2v) is 11.3. The molecule has 0 saturated carbocycles. The normalized spacial score (nSPS) is 16.1. The van der Waals surface area contributed by atoms with Crippen LogP contribution in [0, 0.1) is 11.6 Å². The van der Waals surface area contributed by atoms with Crippen LogP contribution < -0.4 is 4.72 Å². The molecule has 2 N–H and O–H groups in total. The van der Waals surface area contributed by atoms with Crippen LogP contribution in [-0.2, 0) is 26.1 Å². The second kappa shape index (κ2) is 11.6. The van der Waals surface area contributed by atoms with Crippen LogP contribution in [0.2, 0.25) is 0 Å². The molecule has 3 heterocycles. The van der Waals surface area contributed by atoms with E-state index in [1.807, 2.05) is 29.0 Å². The lowest BCUT2D eigenvalue weighted by Crippen LogP contribution is -2.34. The monoisotopic (exact) mass is 588 g/mol. The Balaban J connectivity index is 1.45. The number of nitrogens with one attached hydrogen (secondary N) is 2. The van der Waals surface area contributed by atoms with Gasteiger partial charge in [0.2, 0.25) is 5.78 Å². The predicted molar refractivity (Wildman–Crippen MR) is 146 cm³/mol. The van der Waals surface area contributed by atoms with Gasteiger partial charge in [0.25, 0.3) is 0 Å². The van der Waals surface area contributed by atoms with E-state index in [0.717, 1.165) is 27.6 Å². The minimum absolute atomic E-state index is 0.0133. The van der Waals surface area contributed by atoms with Crippen molar-refractivity contribution in [2.45, 2.75) is 25.3 Å². The first-order chi connectivity index (χ1) is 19.6. The minimum Gasteiger partial charge on any atom is -0.356 e. The highest BCUT2D eigenvalue weighted by Gasteiger charge is 2.33. The van der Waals surface area contributed by atoms with Crippen LogP contribution >= 0.6 is 0 Å². The number of hydrogen-bond acceptors (Lipinski definition) is 6. The first-order valence-electron chi connectivity index (χ1n) is 12.7. The molecule has 0 aliphatic carbocycles. The van der Waals surface area contributed by atoms with Crippen molar-refractivity contribution in [1.82, 2.24) is 14.3 Å². The molecule has 5 rings (SSSR count). The van der Waals surface area contributed by atoms with E-state index in [1.54, 1.807) is 26.5 Å². The third kappa shape index (κ3) is 5.84. The summed E-state index contributed by atoms with van der Waals surface area (Å²) in [6.45, 7) is -0.461. The first kappa shape index (κ1) is 28.7. The van der Waals surface area contributed by atoms with Crippen LogP contribution in [0.5, 0.6) is 0 Å². The van der Waals surface area contributed by atoms with Crippen molar-refractivity contribution in [2.24, 2.45) is 0 Å². The molecule has 9 nitrogen and oxygen atoms in total. The lowest BCUT2D eigenvalue weighted by molar-refractivity contribution is -0.100. The number of aromatic amines is 1. The number of benzene rings is 2. The molecule has 0 amide bonds. The smallest absolute Gasteiger partial charge is 0.301 e. The number of carbonyl (C=O) groups is 1. The van der Waals surface area contributed by atoms with Crippen molar-refractivity contribution in [3.8, 4) is 11.1 Å². The fourth-order valence-corrected chi connectivity index (χ4v) is 5.99. The maximum atomic E-state index is 15.5. The van der Waals surface area contributed by atoms with E-state index in [1.165, 1.54) is 6.20 Å². The van der Waals surface area contributed by atoms with E-state index in [2.05, 4.69) is 9.97 Å². The summed E-state index contributed by atoms with van der Waals surface area (Å²) in [7, 11) is -1.21. The van der Waals surface area contributed by atoms with Gasteiger partial charge in [-0.15, -0.1) is 0 Å². The van der Waals surface area contributed by atoms with Crippen LogP contribution in [0.25, 0.3) is 22.2 Å². The molecule has 216 valence electrons. The van der Waals surface area contributed by atoms with Gasteiger partial charge in [0.15, 0.2) is 12.1 Å². The van der Waals surface area contributed by atoms with Crippen molar-refractivity contribution < 1.29 is 35.9 Å². The number of fused-ring (bicyclic) bond motifs is 1. The van der Waals surface area contributed by atoms with Crippen molar-refractivity contribution in [1.29, 1.82) is 0 Å². The molecule has 0 bridgehead atoms. The van der Waals surface area contributed by atoms with Gasteiger partial charge in [0.1, 0.15) is 17.6 Å². The maximum Gasteiger partial charge on any atom is 0.301 e. The van der Waals surface area contributed by atoms with E-state index < -0.39 is 45.0 Å². The number of aromatic nitrogens is 2. The van der Waals surface area contributed by atoms with Crippen LogP contribution in [0.4, 0.5) is 18.9 Å². The molecule has 0 spiro atoms. The average Bonchev–Trinajstić information content (AvgIpc) is 3.60. The number of carbonyl (C=O) groups excluding carboxylic acids is 1. The molecular formula is C28H27F3N4O5S. The second-order valence-electron chi connectivity index (χ2n) is 9.59. The topological polar surface area (TPSA) is 114 Å². The highest BCUT2D eigenvalue weighted by Crippen LogP contribution is 2.30. The number of rotatable bonds is 10. The fraction of sp³-hybridized carbons (Fsp3) is 0.286. The number of nitrogens with zero attached hydrogens (tertiary/aromatic N) is 2. The summed E-state index contributed by atoms with van der Waals surface area (Å²) in [4.78, 5) is 20.6. The van der Waals surface area contributed by atoms with E-state index in [9.17, 15) is 22.0 Å². The molecule has 4 aromatic rings. The fourth-order valence-electron chi connectivity index (χ4n) is 4.72. The quantitative estimate of drug-likeness (QED) is 0.207. The number of ketones is 1. The molecule has 0 radical (unpaired) electrons. The zero-order valence-electron chi connectivity index (χ0n) is 22.2. The molecule has 1 fully saturated rings. The van der Waals surface area contributed by atoms with Gasteiger partial charge < -0.3 is 14.5 Å². The Bertz CT molecular complexity index is 1690. The van der Waals surface area contributed by atoms with Gasteiger partial charge in [-0.2, -0.15) is 12.7 Å². The number of alkyl halides is 1. The molecule has 2 aromatic heterocycles. The summed E-state index contributed by atoms with van der Waals surface area (Å²) in [5, 5.41) is 0.325.